The van der Waals surface area contributed by atoms with E-state index in [1.54, 1.807) is 36.5 Å². The first-order chi connectivity index (χ1) is 11.2. The largest absolute Gasteiger partial charge is 0.507 e. The van der Waals surface area contributed by atoms with Crippen LogP contribution in [0.1, 0.15) is 15.9 Å². The molecule has 0 saturated heterocycles. The number of carbonyl (C=O) groups is 1. The van der Waals surface area contributed by atoms with E-state index in [1.807, 2.05) is 30.3 Å². The highest BCUT2D eigenvalue weighted by molar-refractivity contribution is 5.99. The fourth-order valence-corrected chi connectivity index (χ4v) is 2.38. The van der Waals surface area contributed by atoms with Crippen LogP contribution >= 0.6 is 0 Å². The van der Waals surface area contributed by atoms with Gasteiger partial charge in [-0.1, -0.05) is 42.5 Å². The number of para-hydroxylation sites is 1. The number of methoxy groups -OCH3 is 1. The fourth-order valence-electron chi connectivity index (χ4n) is 2.38. The molecular formula is C19H15NO3. The lowest BCUT2D eigenvalue weighted by atomic mass is 10.1. The Morgan fingerprint density at radius 2 is 1.78 bits per heavy atom. The third kappa shape index (κ3) is 2.92. The van der Waals surface area contributed by atoms with Crippen molar-refractivity contribution in [3.05, 3.63) is 71.8 Å². The van der Waals surface area contributed by atoms with E-state index in [9.17, 15) is 9.90 Å². The van der Waals surface area contributed by atoms with Gasteiger partial charge in [-0.15, -0.1) is 0 Å². The lowest BCUT2D eigenvalue weighted by molar-refractivity contribution is 0.0601. The highest BCUT2D eigenvalue weighted by Gasteiger charge is 2.10. The number of hydrogen-bond donors (Lipinski definition) is 1. The molecule has 0 spiro atoms. The molecule has 3 aromatic carbocycles. The van der Waals surface area contributed by atoms with Gasteiger partial charge in [-0.25, -0.2) is 4.79 Å². The van der Waals surface area contributed by atoms with Crippen molar-refractivity contribution in [1.29, 1.82) is 0 Å². The zero-order valence-corrected chi connectivity index (χ0v) is 12.6. The summed E-state index contributed by atoms with van der Waals surface area (Å²) < 4.78 is 4.75. The molecule has 0 atom stereocenters. The first-order valence-electron chi connectivity index (χ1n) is 7.13. The van der Waals surface area contributed by atoms with Crippen LogP contribution in [0.4, 0.5) is 5.69 Å². The van der Waals surface area contributed by atoms with Crippen molar-refractivity contribution < 1.29 is 14.6 Å². The Morgan fingerprint density at radius 3 is 2.61 bits per heavy atom. The van der Waals surface area contributed by atoms with Gasteiger partial charge >= 0.3 is 5.97 Å². The lowest BCUT2D eigenvalue weighted by Crippen LogP contribution is -2.01. The maximum atomic E-state index is 11.7. The number of hydrogen-bond acceptors (Lipinski definition) is 4. The monoisotopic (exact) mass is 305 g/mol. The molecule has 114 valence electrons. The molecule has 4 nitrogen and oxygen atoms in total. The maximum absolute atomic E-state index is 11.7. The summed E-state index contributed by atoms with van der Waals surface area (Å²) in [4.78, 5) is 16.1. The number of ether oxygens (including phenoxy) is 1. The number of aromatic hydroxyl groups is 1. The minimum atomic E-state index is -0.444. The van der Waals surface area contributed by atoms with Crippen molar-refractivity contribution in [3.63, 3.8) is 0 Å². The van der Waals surface area contributed by atoms with Crippen molar-refractivity contribution in [2.24, 2.45) is 4.99 Å². The SMILES string of the molecule is COC(=O)c1ccccc1N=Cc1ccc2ccccc2c1O. The second-order valence-electron chi connectivity index (χ2n) is 4.99. The van der Waals surface area contributed by atoms with Gasteiger partial charge in [0.05, 0.1) is 18.4 Å². The predicted molar refractivity (Wildman–Crippen MR) is 90.6 cm³/mol. The predicted octanol–water partition coefficient (Wildman–Crippen LogP) is 4.08. The van der Waals surface area contributed by atoms with Gasteiger partial charge in [0.1, 0.15) is 5.75 Å². The normalized spacial score (nSPS) is 11.0. The van der Waals surface area contributed by atoms with Crippen molar-refractivity contribution in [3.8, 4) is 5.75 Å². The van der Waals surface area contributed by atoms with Crippen molar-refractivity contribution in [2.45, 2.75) is 0 Å². The average molecular weight is 305 g/mol. The minimum Gasteiger partial charge on any atom is -0.507 e. The summed E-state index contributed by atoms with van der Waals surface area (Å²) in [7, 11) is 1.33. The Kier molecular flexibility index (Phi) is 4.06. The highest BCUT2D eigenvalue weighted by atomic mass is 16.5. The van der Waals surface area contributed by atoms with Crippen LogP contribution in [0.3, 0.4) is 0 Å². The molecule has 3 aromatic rings. The van der Waals surface area contributed by atoms with E-state index in [-0.39, 0.29) is 5.75 Å². The summed E-state index contributed by atoms with van der Waals surface area (Å²) in [5, 5.41) is 12.1. The van der Waals surface area contributed by atoms with Crippen molar-refractivity contribution in [1.82, 2.24) is 0 Å². The van der Waals surface area contributed by atoms with Gasteiger partial charge in [0.15, 0.2) is 0 Å². The highest BCUT2D eigenvalue weighted by Crippen LogP contribution is 2.28. The smallest absolute Gasteiger partial charge is 0.340 e. The van der Waals surface area contributed by atoms with Gasteiger partial charge in [-0.3, -0.25) is 4.99 Å². The summed E-state index contributed by atoms with van der Waals surface area (Å²) in [6, 6.07) is 18.2. The third-order valence-electron chi connectivity index (χ3n) is 3.58. The number of fused-ring (bicyclic) bond motifs is 1. The molecule has 4 heteroatoms. The molecule has 0 amide bonds. The van der Waals surface area contributed by atoms with Gasteiger partial charge in [-0.05, 0) is 23.6 Å². The van der Waals surface area contributed by atoms with Crippen LogP contribution in [-0.2, 0) is 4.74 Å². The molecule has 0 aliphatic rings. The van der Waals surface area contributed by atoms with Crippen LogP contribution in [-0.4, -0.2) is 24.4 Å². The van der Waals surface area contributed by atoms with E-state index in [4.69, 9.17) is 4.74 Å². The number of phenols is 1. The van der Waals surface area contributed by atoms with Gasteiger partial charge in [0.25, 0.3) is 0 Å². The van der Waals surface area contributed by atoms with Crippen molar-refractivity contribution in [2.75, 3.05) is 7.11 Å². The zero-order chi connectivity index (χ0) is 16.2. The number of nitrogens with zero attached hydrogens (tertiary/aromatic N) is 1. The topological polar surface area (TPSA) is 58.9 Å². The molecule has 23 heavy (non-hydrogen) atoms. The molecule has 0 bridgehead atoms. The van der Waals surface area contributed by atoms with Crippen LogP contribution in [0.25, 0.3) is 10.8 Å². The van der Waals surface area contributed by atoms with E-state index in [0.717, 1.165) is 10.8 Å². The van der Waals surface area contributed by atoms with Gasteiger partial charge in [-0.2, -0.15) is 0 Å². The van der Waals surface area contributed by atoms with Crippen LogP contribution in [0.2, 0.25) is 0 Å². The zero-order valence-electron chi connectivity index (χ0n) is 12.6. The number of phenolic OH excluding ortho intramolecular Hbond substituents is 1. The summed E-state index contributed by atoms with van der Waals surface area (Å²) in [5.41, 5.74) is 1.46. The Labute approximate surface area is 133 Å². The van der Waals surface area contributed by atoms with Gasteiger partial charge < -0.3 is 9.84 Å². The minimum absolute atomic E-state index is 0.169. The summed E-state index contributed by atoms with van der Waals surface area (Å²) in [5.74, 6) is -0.275. The maximum Gasteiger partial charge on any atom is 0.340 e. The summed E-state index contributed by atoms with van der Waals surface area (Å²) in [6.45, 7) is 0. The van der Waals surface area contributed by atoms with Gasteiger partial charge in [0, 0.05) is 17.2 Å². The van der Waals surface area contributed by atoms with E-state index >= 15 is 0 Å². The van der Waals surface area contributed by atoms with E-state index in [2.05, 4.69) is 4.99 Å². The van der Waals surface area contributed by atoms with E-state index < -0.39 is 5.97 Å². The Morgan fingerprint density at radius 1 is 1.04 bits per heavy atom. The molecule has 0 radical (unpaired) electrons. The molecule has 0 saturated carbocycles. The lowest BCUT2D eigenvalue weighted by Gasteiger charge is -2.05. The Balaban J connectivity index is 2.01. The number of rotatable bonds is 3. The third-order valence-corrected chi connectivity index (χ3v) is 3.58. The number of esters is 1. The van der Waals surface area contributed by atoms with E-state index in [0.29, 0.717) is 16.8 Å². The van der Waals surface area contributed by atoms with Crippen LogP contribution in [0, 0.1) is 0 Å². The molecule has 0 aliphatic carbocycles. The molecule has 0 unspecified atom stereocenters. The summed E-state index contributed by atoms with van der Waals surface area (Å²) in [6.07, 6.45) is 1.55. The average Bonchev–Trinajstić information content (AvgIpc) is 2.61. The summed E-state index contributed by atoms with van der Waals surface area (Å²) >= 11 is 0. The molecular weight excluding hydrogens is 290 g/mol. The molecule has 0 fully saturated rings. The van der Waals surface area contributed by atoms with Crippen LogP contribution < -0.4 is 0 Å². The van der Waals surface area contributed by atoms with Crippen LogP contribution in [0.5, 0.6) is 5.75 Å². The quantitative estimate of drug-likeness (QED) is 0.586. The van der Waals surface area contributed by atoms with Gasteiger partial charge in [0.2, 0.25) is 0 Å². The number of aliphatic imine (C=N–C) groups is 1. The second kappa shape index (κ2) is 6.32. The van der Waals surface area contributed by atoms with Crippen LogP contribution in [0.15, 0.2) is 65.7 Å². The fraction of sp³-hybridized carbons (Fsp3) is 0.0526. The molecule has 0 aliphatic heterocycles. The molecule has 0 aromatic heterocycles. The molecule has 1 N–H and O–H groups in total. The first kappa shape index (κ1) is 14.8. The van der Waals surface area contributed by atoms with Crippen molar-refractivity contribution >= 4 is 28.6 Å². The first-order valence-corrected chi connectivity index (χ1v) is 7.13. The standard InChI is InChI=1S/C19H15NO3/c1-23-19(22)16-8-4-5-9-17(16)20-12-14-11-10-13-6-2-3-7-15(13)18(14)21/h2-12,21H,1H3. The van der Waals surface area contributed by atoms with E-state index in [1.165, 1.54) is 7.11 Å². The second-order valence-corrected chi connectivity index (χ2v) is 4.99. The Bertz CT molecular complexity index is 900. The molecule has 3 rings (SSSR count). The number of benzene rings is 3. The Hall–Kier alpha value is -3.14. The number of carbonyl (C=O) groups excluding carboxylic acids is 1. The molecule has 0 heterocycles.